The molecular weight excluding hydrogens is 362 g/mol. The van der Waals surface area contributed by atoms with Crippen LogP contribution < -0.4 is 0 Å². The Morgan fingerprint density at radius 3 is 2.55 bits per heavy atom. The van der Waals surface area contributed by atoms with Crippen molar-refractivity contribution in [3.63, 3.8) is 0 Å². The van der Waals surface area contributed by atoms with Crippen LogP contribution in [0.4, 0.5) is 0 Å². The molecule has 0 aliphatic heterocycles. The van der Waals surface area contributed by atoms with Crippen molar-refractivity contribution < 1.29 is 4.79 Å². The van der Waals surface area contributed by atoms with Gasteiger partial charge in [0.2, 0.25) is 4.73 Å². The van der Waals surface area contributed by atoms with Crippen molar-refractivity contribution in [1.29, 1.82) is 0 Å². The molecule has 0 radical (unpaired) electrons. The number of nitrogens with zero attached hydrogens (tertiary/aromatic N) is 3. The minimum absolute atomic E-state index is 0.198. The van der Waals surface area contributed by atoms with Gasteiger partial charge in [0.1, 0.15) is 5.78 Å². The topological polar surface area (TPSA) is 47.8 Å². The largest absolute Gasteiger partial charge is 0.298 e. The lowest BCUT2D eigenvalue weighted by Crippen LogP contribution is -2.07. The zero-order chi connectivity index (χ0) is 16.1. The number of carbonyl (C=O) groups is 1. The van der Waals surface area contributed by atoms with E-state index in [1.807, 2.05) is 23.6 Å². The molecule has 1 heterocycles. The van der Waals surface area contributed by atoms with Crippen LogP contribution in [-0.2, 0) is 17.8 Å². The number of carbonyl (C=O) groups excluding carboxylic acids is 1. The highest BCUT2D eigenvalue weighted by Gasteiger charge is 2.12. The van der Waals surface area contributed by atoms with Gasteiger partial charge in [-0.2, -0.15) is 0 Å². The van der Waals surface area contributed by atoms with Crippen LogP contribution >= 0.6 is 27.7 Å². The maximum absolute atomic E-state index is 12.1. The fraction of sp³-hybridized carbons (Fsp3) is 0.438. The second-order valence-corrected chi connectivity index (χ2v) is 7.05. The SMILES string of the molecule is CCn1c(Br)nnc1SCC(=O)Cc1ccc(C(C)C)cc1. The Labute approximate surface area is 143 Å². The third-order valence-electron chi connectivity index (χ3n) is 3.40. The lowest BCUT2D eigenvalue weighted by atomic mass is 10.0. The van der Waals surface area contributed by atoms with Gasteiger partial charge in [0.25, 0.3) is 0 Å². The predicted molar refractivity (Wildman–Crippen MR) is 93.4 cm³/mol. The van der Waals surface area contributed by atoms with Gasteiger partial charge in [-0.15, -0.1) is 10.2 Å². The van der Waals surface area contributed by atoms with Crippen molar-refractivity contribution in [3.05, 3.63) is 40.1 Å². The molecule has 118 valence electrons. The van der Waals surface area contributed by atoms with Gasteiger partial charge in [-0.1, -0.05) is 49.9 Å². The molecule has 0 unspecified atom stereocenters. The number of hydrogen-bond donors (Lipinski definition) is 0. The molecule has 4 nitrogen and oxygen atoms in total. The standard InChI is InChI=1S/C16H20BrN3OS/c1-4-20-15(17)18-19-16(20)22-10-14(21)9-12-5-7-13(8-6-12)11(2)3/h5-8,11H,4,9-10H2,1-3H3. The summed E-state index contributed by atoms with van der Waals surface area (Å²) in [5.74, 6) is 1.13. The molecule has 2 rings (SSSR count). The van der Waals surface area contributed by atoms with Crippen LogP contribution in [-0.4, -0.2) is 26.3 Å². The Morgan fingerprint density at radius 2 is 1.95 bits per heavy atom. The van der Waals surface area contributed by atoms with E-state index in [0.29, 0.717) is 22.8 Å². The van der Waals surface area contributed by atoms with Crippen molar-refractivity contribution in [3.8, 4) is 0 Å². The molecule has 0 atom stereocenters. The first kappa shape index (κ1) is 17.2. The summed E-state index contributed by atoms with van der Waals surface area (Å²) in [5.41, 5.74) is 2.36. The average Bonchev–Trinajstić information content (AvgIpc) is 2.85. The van der Waals surface area contributed by atoms with Crippen molar-refractivity contribution >= 4 is 33.5 Å². The van der Waals surface area contributed by atoms with Crippen LogP contribution in [0, 0.1) is 0 Å². The number of hydrogen-bond acceptors (Lipinski definition) is 4. The number of halogens is 1. The van der Waals surface area contributed by atoms with Crippen LogP contribution in [0.1, 0.15) is 37.8 Å². The van der Waals surface area contributed by atoms with Crippen molar-refractivity contribution in [2.24, 2.45) is 0 Å². The van der Waals surface area contributed by atoms with E-state index in [0.717, 1.165) is 17.3 Å². The summed E-state index contributed by atoms with van der Waals surface area (Å²) < 4.78 is 2.64. The quantitative estimate of drug-likeness (QED) is 0.677. The first-order valence-corrected chi connectivity index (χ1v) is 9.11. The first-order chi connectivity index (χ1) is 10.5. The summed E-state index contributed by atoms with van der Waals surface area (Å²) in [4.78, 5) is 12.1. The fourth-order valence-corrected chi connectivity index (χ4v) is 3.57. The fourth-order valence-electron chi connectivity index (χ4n) is 2.09. The van der Waals surface area contributed by atoms with E-state index in [1.165, 1.54) is 17.3 Å². The summed E-state index contributed by atoms with van der Waals surface area (Å²) in [6, 6.07) is 8.29. The third kappa shape index (κ3) is 4.43. The lowest BCUT2D eigenvalue weighted by Gasteiger charge is -2.07. The minimum Gasteiger partial charge on any atom is -0.298 e. The molecule has 0 bridgehead atoms. The summed E-state index contributed by atoms with van der Waals surface area (Å²) >= 11 is 4.79. The van der Waals surface area contributed by atoms with E-state index in [9.17, 15) is 4.79 Å². The smallest absolute Gasteiger partial charge is 0.200 e. The van der Waals surface area contributed by atoms with Crippen molar-refractivity contribution in [2.45, 2.75) is 44.8 Å². The van der Waals surface area contributed by atoms with E-state index in [1.54, 1.807) is 0 Å². The zero-order valence-corrected chi connectivity index (χ0v) is 15.4. The molecule has 2 aromatic rings. The van der Waals surface area contributed by atoms with Crippen LogP contribution in [0.15, 0.2) is 34.2 Å². The minimum atomic E-state index is 0.198. The highest BCUT2D eigenvalue weighted by molar-refractivity contribution is 9.10. The molecule has 0 N–H and O–H groups in total. The Kier molecular flexibility index (Phi) is 6.20. The Hall–Kier alpha value is -1.14. The molecule has 0 aliphatic carbocycles. The van der Waals surface area contributed by atoms with Crippen molar-refractivity contribution in [2.75, 3.05) is 5.75 Å². The van der Waals surface area contributed by atoms with Crippen LogP contribution in [0.2, 0.25) is 0 Å². The molecular formula is C16H20BrN3OS. The second-order valence-electron chi connectivity index (χ2n) is 5.40. The molecule has 22 heavy (non-hydrogen) atoms. The van der Waals surface area contributed by atoms with Crippen LogP contribution in [0.5, 0.6) is 0 Å². The summed E-state index contributed by atoms with van der Waals surface area (Å²) in [6.07, 6.45) is 0.465. The second kappa shape index (κ2) is 7.92. The predicted octanol–water partition coefficient (Wildman–Crippen LogP) is 4.09. The number of aromatic nitrogens is 3. The Morgan fingerprint density at radius 1 is 1.27 bits per heavy atom. The molecule has 6 heteroatoms. The summed E-state index contributed by atoms with van der Waals surface area (Å²) in [6.45, 7) is 7.13. The average molecular weight is 382 g/mol. The molecule has 0 saturated heterocycles. The summed E-state index contributed by atoms with van der Waals surface area (Å²) in [7, 11) is 0. The Balaban J connectivity index is 1.90. The molecule has 1 aromatic heterocycles. The number of ketones is 1. The van der Waals surface area contributed by atoms with Gasteiger partial charge in [-0.25, -0.2) is 0 Å². The van der Waals surface area contributed by atoms with Crippen molar-refractivity contribution in [1.82, 2.24) is 14.8 Å². The number of rotatable bonds is 7. The monoisotopic (exact) mass is 381 g/mol. The van der Waals surface area contributed by atoms with Gasteiger partial charge in [0.15, 0.2) is 5.16 Å². The maximum Gasteiger partial charge on any atom is 0.200 e. The molecule has 0 aliphatic rings. The molecule has 0 fully saturated rings. The van der Waals surface area contributed by atoms with E-state index >= 15 is 0 Å². The van der Waals surface area contributed by atoms with E-state index < -0.39 is 0 Å². The van der Waals surface area contributed by atoms with Gasteiger partial charge in [-0.05, 0) is 39.9 Å². The molecule has 1 aromatic carbocycles. The van der Waals surface area contributed by atoms with Crippen LogP contribution in [0.25, 0.3) is 0 Å². The van der Waals surface area contributed by atoms with Gasteiger partial charge in [-0.3, -0.25) is 9.36 Å². The first-order valence-electron chi connectivity index (χ1n) is 7.33. The van der Waals surface area contributed by atoms with Gasteiger partial charge in [0, 0.05) is 13.0 Å². The van der Waals surface area contributed by atoms with Gasteiger partial charge in [0.05, 0.1) is 5.75 Å². The Bertz CT molecular complexity index is 637. The lowest BCUT2D eigenvalue weighted by molar-refractivity contribution is -0.116. The number of thioether (sulfide) groups is 1. The van der Waals surface area contributed by atoms with Gasteiger partial charge < -0.3 is 0 Å². The highest BCUT2D eigenvalue weighted by atomic mass is 79.9. The normalized spacial score (nSPS) is 11.1. The summed E-state index contributed by atoms with van der Waals surface area (Å²) in [5, 5.41) is 8.82. The molecule has 0 spiro atoms. The maximum atomic E-state index is 12.1. The zero-order valence-electron chi connectivity index (χ0n) is 13.0. The van der Waals surface area contributed by atoms with E-state index in [4.69, 9.17) is 0 Å². The number of benzene rings is 1. The van der Waals surface area contributed by atoms with Crippen LogP contribution in [0.3, 0.4) is 0 Å². The molecule has 0 amide bonds. The van der Waals surface area contributed by atoms with E-state index in [2.05, 4.69) is 52.1 Å². The number of Topliss-reactive ketones (excluding diaryl/α,β-unsaturated/α-hetero) is 1. The highest BCUT2D eigenvalue weighted by Crippen LogP contribution is 2.20. The molecule has 0 saturated carbocycles. The third-order valence-corrected chi connectivity index (χ3v) is 5.01. The van der Waals surface area contributed by atoms with Gasteiger partial charge >= 0.3 is 0 Å². The van der Waals surface area contributed by atoms with E-state index in [-0.39, 0.29) is 5.78 Å².